The number of nitrogens with zero attached hydrogens (tertiary/aromatic N) is 3. The Balaban J connectivity index is 1.87. The summed E-state index contributed by atoms with van der Waals surface area (Å²) in [5.74, 6) is 0.668. The Morgan fingerprint density at radius 3 is 2.73 bits per heavy atom. The SMILES string of the molecule is Cn1c(=O)n(CC2CC2)c2ccc(-c3cncc(N)c3)cc21. The number of imidazole rings is 1. The second-order valence-corrected chi connectivity index (χ2v) is 6.11. The molecule has 3 aromatic rings. The number of nitrogen functional groups attached to an aromatic ring is 1. The monoisotopic (exact) mass is 294 g/mol. The number of hydrogen-bond acceptors (Lipinski definition) is 3. The molecule has 1 aliphatic rings. The summed E-state index contributed by atoms with van der Waals surface area (Å²) in [6, 6.07) is 7.99. The van der Waals surface area contributed by atoms with Crippen molar-refractivity contribution in [2.24, 2.45) is 13.0 Å². The Labute approximate surface area is 128 Å². The van der Waals surface area contributed by atoms with Crippen molar-refractivity contribution < 1.29 is 0 Å². The highest BCUT2D eigenvalue weighted by molar-refractivity contribution is 5.83. The normalized spacial score (nSPS) is 14.6. The fourth-order valence-electron chi connectivity index (χ4n) is 2.94. The third-order valence-corrected chi connectivity index (χ3v) is 4.38. The molecule has 0 bridgehead atoms. The molecule has 2 heterocycles. The molecule has 2 aromatic heterocycles. The van der Waals surface area contributed by atoms with Gasteiger partial charge in [-0.15, -0.1) is 0 Å². The summed E-state index contributed by atoms with van der Waals surface area (Å²) >= 11 is 0. The molecule has 0 radical (unpaired) electrons. The number of aryl methyl sites for hydroxylation is 1. The molecule has 112 valence electrons. The first kappa shape index (κ1) is 13.1. The van der Waals surface area contributed by atoms with E-state index in [2.05, 4.69) is 4.98 Å². The predicted octanol–water partition coefficient (Wildman–Crippen LogP) is 2.39. The minimum absolute atomic E-state index is 0.0600. The van der Waals surface area contributed by atoms with Crippen LogP contribution in [0.5, 0.6) is 0 Å². The summed E-state index contributed by atoms with van der Waals surface area (Å²) in [4.78, 5) is 16.6. The van der Waals surface area contributed by atoms with Gasteiger partial charge >= 0.3 is 5.69 Å². The maximum absolute atomic E-state index is 12.4. The molecule has 0 spiro atoms. The molecule has 0 atom stereocenters. The molecule has 5 heteroatoms. The van der Waals surface area contributed by atoms with Crippen LogP contribution in [0, 0.1) is 5.92 Å². The van der Waals surface area contributed by atoms with E-state index in [1.807, 2.05) is 35.9 Å². The van der Waals surface area contributed by atoms with Crippen molar-refractivity contribution in [1.29, 1.82) is 0 Å². The van der Waals surface area contributed by atoms with E-state index in [1.165, 1.54) is 12.8 Å². The third-order valence-electron chi connectivity index (χ3n) is 4.38. The van der Waals surface area contributed by atoms with Crippen molar-refractivity contribution in [2.45, 2.75) is 19.4 Å². The topological polar surface area (TPSA) is 65.8 Å². The first-order chi connectivity index (χ1) is 10.6. The number of benzene rings is 1. The molecule has 4 rings (SSSR count). The van der Waals surface area contributed by atoms with Gasteiger partial charge in [-0.3, -0.25) is 14.1 Å². The molecule has 2 N–H and O–H groups in total. The number of hydrogen-bond donors (Lipinski definition) is 1. The lowest BCUT2D eigenvalue weighted by Gasteiger charge is -2.05. The minimum Gasteiger partial charge on any atom is -0.397 e. The van der Waals surface area contributed by atoms with Crippen LogP contribution in [0.25, 0.3) is 22.2 Å². The van der Waals surface area contributed by atoms with Gasteiger partial charge in [0.15, 0.2) is 0 Å². The smallest absolute Gasteiger partial charge is 0.328 e. The van der Waals surface area contributed by atoms with Gasteiger partial charge in [-0.2, -0.15) is 0 Å². The average molecular weight is 294 g/mol. The Morgan fingerprint density at radius 1 is 1.18 bits per heavy atom. The second kappa shape index (κ2) is 4.73. The number of pyridine rings is 1. The van der Waals surface area contributed by atoms with Crippen LogP contribution >= 0.6 is 0 Å². The molecule has 22 heavy (non-hydrogen) atoms. The fraction of sp³-hybridized carbons (Fsp3) is 0.294. The highest BCUT2D eigenvalue weighted by Crippen LogP contribution is 2.32. The van der Waals surface area contributed by atoms with E-state index in [1.54, 1.807) is 17.0 Å². The highest BCUT2D eigenvalue weighted by atomic mass is 16.1. The molecule has 1 fully saturated rings. The second-order valence-electron chi connectivity index (χ2n) is 6.11. The molecule has 1 aromatic carbocycles. The van der Waals surface area contributed by atoms with Gasteiger partial charge in [0.25, 0.3) is 0 Å². The van der Waals surface area contributed by atoms with Gasteiger partial charge in [0.05, 0.1) is 16.7 Å². The van der Waals surface area contributed by atoms with E-state index in [0.717, 1.165) is 28.7 Å². The molecule has 0 saturated heterocycles. The molecule has 0 unspecified atom stereocenters. The molecule has 1 aliphatic carbocycles. The van der Waals surface area contributed by atoms with Crippen molar-refractivity contribution in [3.8, 4) is 11.1 Å². The van der Waals surface area contributed by atoms with Gasteiger partial charge in [0, 0.05) is 31.5 Å². The molecule has 1 saturated carbocycles. The van der Waals surface area contributed by atoms with E-state index in [-0.39, 0.29) is 5.69 Å². The lowest BCUT2D eigenvalue weighted by Crippen LogP contribution is -2.22. The van der Waals surface area contributed by atoms with Gasteiger partial charge < -0.3 is 5.73 Å². The summed E-state index contributed by atoms with van der Waals surface area (Å²) in [7, 11) is 1.83. The number of rotatable bonds is 3. The number of anilines is 1. The fourth-order valence-corrected chi connectivity index (χ4v) is 2.94. The zero-order chi connectivity index (χ0) is 15.3. The van der Waals surface area contributed by atoms with Crippen molar-refractivity contribution in [2.75, 3.05) is 5.73 Å². The summed E-state index contributed by atoms with van der Waals surface area (Å²) in [5.41, 5.74) is 10.4. The maximum Gasteiger partial charge on any atom is 0.328 e. The molecular formula is C17H18N4O. The Hall–Kier alpha value is -2.56. The van der Waals surface area contributed by atoms with Gasteiger partial charge in [-0.05, 0) is 42.5 Å². The average Bonchev–Trinajstić information content (AvgIpc) is 3.31. The third kappa shape index (κ3) is 2.09. The van der Waals surface area contributed by atoms with Crippen molar-refractivity contribution in [1.82, 2.24) is 14.1 Å². The van der Waals surface area contributed by atoms with E-state index in [0.29, 0.717) is 11.6 Å². The first-order valence-corrected chi connectivity index (χ1v) is 7.53. The molecular weight excluding hydrogens is 276 g/mol. The first-order valence-electron chi connectivity index (χ1n) is 7.53. The van der Waals surface area contributed by atoms with Crippen LogP contribution < -0.4 is 11.4 Å². The quantitative estimate of drug-likeness (QED) is 0.806. The standard InChI is InChI=1S/C17H18N4O/c1-20-16-7-12(13-6-14(18)9-19-8-13)4-5-15(16)21(17(20)22)10-11-2-3-11/h4-9,11H,2-3,10,18H2,1H3. The van der Waals surface area contributed by atoms with Gasteiger partial charge in [0.1, 0.15) is 0 Å². The largest absolute Gasteiger partial charge is 0.397 e. The van der Waals surface area contributed by atoms with Crippen LogP contribution in [0.1, 0.15) is 12.8 Å². The van der Waals surface area contributed by atoms with Crippen LogP contribution in [0.3, 0.4) is 0 Å². The number of nitrogens with two attached hydrogens (primary N) is 1. The molecule has 0 aliphatic heterocycles. The van der Waals surface area contributed by atoms with Crippen LogP contribution in [0.4, 0.5) is 5.69 Å². The van der Waals surface area contributed by atoms with Gasteiger partial charge in [-0.25, -0.2) is 4.79 Å². The Morgan fingerprint density at radius 2 is 2.00 bits per heavy atom. The van der Waals surface area contributed by atoms with Crippen molar-refractivity contribution in [3.05, 3.63) is 47.1 Å². The Kier molecular flexibility index (Phi) is 2.82. The van der Waals surface area contributed by atoms with Crippen LogP contribution in [-0.4, -0.2) is 14.1 Å². The van der Waals surface area contributed by atoms with E-state index in [4.69, 9.17) is 5.73 Å². The predicted molar refractivity (Wildman–Crippen MR) is 87.5 cm³/mol. The highest BCUT2D eigenvalue weighted by Gasteiger charge is 2.24. The lowest BCUT2D eigenvalue weighted by molar-refractivity contribution is 0.609. The van der Waals surface area contributed by atoms with Crippen LogP contribution in [0.15, 0.2) is 41.5 Å². The zero-order valence-electron chi connectivity index (χ0n) is 12.5. The Bertz CT molecular complexity index is 918. The summed E-state index contributed by atoms with van der Waals surface area (Å²) in [6.07, 6.45) is 5.88. The molecule has 5 nitrogen and oxygen atoms in total. The van der Waals surface area contributed by atoms with Gasteiger partial charge in [0.2, 0.25) is 0 Å². The maximum atomic E-state index is 12.4. The number of aromatic nitrogens is 3. The van der Waals surface area contributed by atoms with E-state index >= 15 is 0 Å². The van der Waals surface area contributed by atoms with Crippen LogP contribution in [0.2, 0.25) is 0 Å². The minimum atomic E-state index is 0.0600. The zero-order valence-corrected chi connectivity index (χ0v) is 12.5. The number of fused-ring (bicyclic) bond motifs is 1. The summed E-state index contributed by atoms with van der Waals surface area (Å²) < 4.78 is 3.62. The van der Waals surface area contributed by atoms with Gasteiger partial charge in [-0.1, -0.05) is 6.07 Å². The summed E-state index contributed by atoms with van der Waals surface area (Å²) in [5, 5.41) is 0. The van der Waals surface area contributed by atoms with Crippen LogP contribution in [-0.2, 0) is 13.6 Å². The molecule has 0 amide bonds. The summed E-state index contributed by atoms with van der Waals surface area (Å²) in [6.45, 7) is 0.829. The van der Waals surface area contributed by atoms with E-state index < -0.39 is 0 Å². The van der Waals surface area contributed by atoms with Crippen molar-refractivity contribution in [3.63, 3.8) is 0 Å². The van der Waals surface area contributed by atoms with Crippen molar-refractivity contribution >= 4 is 16.7 Å². The van der Waals surface area contributed by atoms with E-state index in [9.17, 15) is 4.79 Å². The lowest BCUT2D eigenvalue weighted by atomic mass is 10.1.